The number of hydrogen-bond acceptors (Lipinski definition) is 4. The molecule has 2 saturated heterocycles. The summed E-state index contributed by atoms with van der Waals surface area (Å²) in [6.07, 6.45) is 3.74. The fourth-order valence-electron chi connectivity index (χ4n) is 3.41. The van der Waals surface area contributed by atoms with Crippen molar-refractivity contribution >= 4 is 23.1 Å². The quantitative estimate of drug-likeness (QED) is 0.380. The topological polar surface area (TPSA) is 65.1 Å². The summed E-state index contributed by atoms with van der Waals surface area (Å²) in [5, 5.41) is 12.4. The number of fused-ring (bicyclic) bond motifs is 1. The van der Waals surface area contributed by atoms with Gasteiger partial charge in [0.15, 0.2) is 5.84 Å². The van der Waals surface area contributed by atoms with E-state index in [2.05, 4.69) is 15.0 Å². The molecule has 21 heavy (non-hydrogen) atoms. The van der Waals surface area contributed by atoms with Crippen LogP contribution in [-0.2, 0) is 0 Å². The minimum atomic E-state index is 0.0845. The molecule has 1 aromatic carbocycles. The smallest absolute Gasteiger partial charge is 0.170 e. The van der Waals surface area contributed by atoms with Gasteiger partial charge in [0.05, 0.1) is 10.7 Å². The van der Waals surface area contributed by atoms with E-state index in [4.69, 9.17) is 22.5 Å². The molecule has 6 heteroatoms. The SMILES string of the molecule is NC(=NO)c1ccc(N2CCCN3CCCC3C2)c(Cl)c1. The second-order valence-corrected chi connectivity index (χ2v) is 6.19. The van der Waals surface area contributed by atoms with E-state index in [-0.39, 0.29) is 5.84 Å². The van der Waals surface area contributed by atoms with E-state index in [1.165, 1.54) is 25.9 Å². The summed E-state index contributed by atoms with van der Waals surface area (Å²) in [4.78, 5) is 4.97. The van der Waals surface area contributed by atoms with E-state index in [0.29, 0.717) is 16.6 Å². The minimum Gasteiger partial charge on any atom is -0.409 e. The van der Waals surface area contributed by atoms with Crippen LogP contribution in [0.1, 0.15) is 24.8 Å². The normalized spacial score (nSPS) is 24.0. The van der Waals surface area contributed by atoms with Gasteiger partial charge in [0.1, 0.15) is 0 Å². The maximum absolute atomic E-state index is 8.74. The van der Waals surface area contributed by atoms with Gasteiger partial charge in [0, 0.05) is 31.2 Å². The Morgan fingerprint density at radius 2 is 2.10 bits per heavy atom. The summed E-state index contributed by atoms with van der Waals surface area (Å²) < 4.78 is 0. The summed E-state index contributed by atoms with van der Waals surface area (Å²) >= 11 is 6.41. The van der Waals surface area contributed by atoms with Gasteiger partial charge in [-0.3, -0.25) is 4.90 Å². The third-order valence-electron chi connectivity index (χ3n) is 4.50. The lowest BCUT2D eigenvalue weighted by molar-refractivity contribution is 0.273. The van der Waals surface area contributed by atoms with E-state index in [9.17, 15) is 0 Å². The van der Waals surface area contributed by atoms with Gasteiger partial charge in [-0.1, -0.05) is 16.8 Å². The van der Waals surface area contributed by atoms with Gasteiger partial charge in [0.2, 0.25) is 0 Å². The Morgan fingerprint density at radius 3 is 2.86 bits per heavy atom. The standard InChI is InChI=1S/C15H21ClN4O/c16-13-9-11(15(17)18-21)4-5-14(13)20-8-2-7-19-6-1-3-12(19)10-20/h4-5,9,12,21H,1-3,6-8,10H2,(H2,17,18). The zero-order valence-electron chi connectivity index (χ0n) is 12.0. The zero-order valence-corrected chi connectivity index (χ0v) is 12.8. The van der Waals surface area contributed by atoms with Gasteiger partial charge >= 0.3 is 0 Å². The lowest BCUT2D eigenvalue weighted by Crippen LogP contribution is -2.36. The van der Waals surface area contributed by atoms with Crippen LogP contribution in [0.4, 0.5) is 5.69 Å². The Balaban J connectivity index is 1.82. The lowest BCUT2D eigenvalue weighted by Gasteiger charge is -2.28. The number of halogens is 1. The van der Waals surface area contributed by atoms with Crippen LogP contribution in [0.5, 0.6) is 0 Å². The molecule has 2 aliphatic rings. The second-order valence-electron chi connectivity index (χ2n) is 5.78. The minimum absolute atomic E-state index is 0.0845. The zero-order chi connectivity index (χ0) is 14.8. The van der Waals surface area contributed by atoms with Gasteiger partial charge in [-0.2, -0.15) is 0 Å². The molecule has 1 unspecified atom stereocenters. The molecule has 2 aliphatic heterocycles. The number of amidine groups is 1. The van der Waals surface area contributed by atoms with Crippen LogP contribution in [0.15, 0.2) is 23.4 Å². The lowest BCUT2D eigenvalue weighted by atomic mass is 10.1. The van der Waals surface area contributed by atoms with E-state index < -0.39 is 0 Å². The van der Waals surface area contributed by atoms with Gasteiger partial charge in [-0.25, -0.2) is 0 Å². The number of rotatable bonds is 2. The Labute approximate surface area is 130 Å². The van der Waals surface area contributed by atoms with Crippen molar-refractivity contribution in [2.75, 3.05) is 31.1 Å². The van der Waals surface area contributed by atoms with Crippen molar-refractivity contribution in [2.24, 2.45) is 10.9 Å². The fourth-order valence-corrected chi connectivity index (χ4v) is 3.71. The fraction of sp³-hybridized carbons (Fsp3) is 0.533. The van der Waals surface area contributed by atoms with Crippen LogP contribution in [0, 0.1) is 0 Å². The Kier molecular flexibility index (Phi) is 4.22. The number of benzene rings is 1. The molecule has 1 atom stereocenters. The first kappa shape index (κ1) is 14.5. The molecular formula is C15H21ClN4O. The van der Waals surface area contributed by atoms with Crippen LogP contribution in [-0.4, -0.2) is 48.2 Å². The van der Waals surface area contributed by atoms with Crippen molar-refractivity contribution in [3.05, 3.63) is 28.8 Å². The molecule has 0 saturated carbocycles. The molecule has 1 aromatic rings. The molecule has 114 valence electrons. The highest BCUT2D eigenvalue weighted by molar-refractivity contribution is 6.33. The van der Waals surface area contributed by atoms with Crippen LogP contribution < -0.4 is 10.6 Å². The van der Waals surface area contributed by atoms with Crippen LogP contribution in [0.3, 0.4) is 0 Å². The van der Waals surface area contributed by atoms with Crippen molar-refractivity contribution in [3.8, 4) is 0 Å². The first-order valence-corrected chi connectivity index (χ1v) is 7.83. The largest absolute Gasteiger partial charge is 0.409 e. The van der Waals surface area contributed by atoms with E-state index in [0.717, 1.165) is 25.2 Å². The Morgan fingerprint density at radius 1 is 1.29 bits per heavy atom. The molecule has 0 aliphatic carbocycles. The summed E-state index contributed by atoms with van der Waals surface area (Å²) in [5.74, 6) is 0.0845. The summed E-state index contributed by atoms with van der Waals surface area (Å²) in [6, 6.07) is 6.24. The van der Waals surface area contributed by atoms with Gasteiger partial charge in [-0.15, -0.1) is 0 Å². The van der Waals surface area contributed by atoms with Crippen molar-refractivity contribution in [1.82, 2.24) is 4.90 Å². The second kappa shape index (κ2) is 6.12. The third kappa shape index (κ3) is 2.94. The average molecular weight is 309 g/mol. The maximum atomic E-state index is 8.74. The molecule has 2 heterocycles. The van der Waals surface area contributed by atoms with Crippen LogP contribution in [0.2, 0.25) is 5.02 Å². The molecule has 0 spiro atoms. The molecule has 5 nitrogen and oxygen atoms in total. The molecule has 0 amide bonds. The van der Waals surface area contributed by atoms with Gasteiger partial charge in [-0.05, 0) is 44.0 Å². The average Bonchev–Trinajstić information content (AvgIpc) is 2.83. The number of nitrogens with two attached hydrogens (primary N) is 1. The third-order valence-corrected chi connectivity index (χ3v) is 4.80. The van der Waals surface area contributed by atoms with Gasteiger partial charge in [0.25, 0.3) is 0 Å². The number of anilines is 1. The highest BCUT2D eigenvalue weighted by atomic mass is 35.5. The molecule has 0 aromatic heterocycles. The van der Waals surface area contributed by atoms with Crippen molar-refractivity contribution in [2.45, 2.75) is 25.3 Å². The molecule has 3 N–H and O–H groups in total. The van der Waals surface area contributed by atoms with Crippen LogP contribution >= 0.6 is 11.6 Å². The summed E-state index contributed by atoms with van der Waals surface area (Å²) in [6.45, 7) is 4.47. The highest BCUT2D eigenvalue weighted by Crippen LogP contribution is 2.30. The number of nitrogens with zero attached hydrogens (tertiary/aromatic N) is 3. The molecule has 2 fully saturated rings. The molecule has 3 rings (SSSR count). The van der Waals surface area contributed by atoms with Crippen LogP contribution in [0.25, 0.3) is 0 Å². The van der Waals surface area contributed by atoms with E-state index in [1.807, 2.05) is 12.1 Å². The van der Waals surface area contributed by atoms with E-state index >= 15 is 0 Å². The first-order chi connectivity index (χ1) is 10.2. The number of oxime groups is 1. The van der Waals surface area contributed by atoms with E-state index in [1.54, 1.807) is 6.07 Å². The van der Waals surface area contributed by atoms with Crippen molar-refractivity contribution in [1.29, 1.82) is 0 Å². The Bertz CT molecular complexity index is 548. The van der Waals surface area contributed by atoms with Gasteiger partial charge < -0.3 is 15.8 Å². The Hall–Kier alpha value is -1.46. The molecular weight excluding hydrogens is 288 g/mol. The molecule has 0 radical (unpaired) electrons. The first-order valence-electron chi connectivity index (χ1n) is 7.45. The predicted molar refractivity (Wildman–Crippen MR) is 85.4 cm³/mol. The monoisotopic (exact) mass is 308 g/mol. The maximum Gasteiger partial charge on any atom is 0.170 e. The highest BCUT2D eigenvalue weighted by Gasteiger charge is 2.29. The van der Waals surface area contributed by atoms with Crippen molar-refractivity contribution < 1.29 is 5.21 Å². The molecule has 0 bridgehead atoms. The predicted octanol–water partition coefficient (Wildman–Crippen LogP) is 2.11. The summed E-state index contributed by atoms with van der Waals surface area (Å²) in [7, 11) is 0. The summed E-state index contributed by atoms with van der Waals surface area (Å²) in [5.41, 5.74) is 7.29. The number of hydrogen-bond donors (Lipinski definition) is 2. The van der Waals surface area contributed by atoms with Crippen molar-refractivity contribution in [3.63, 3.8) is 0 Å².